The summed E-state index contributed by atoms with van der Waals surface area (Å²) >= 11 is 0. The summed E-state index contributed by atoms with van der Waals surface area (Å²) in [6, 6.07) is 0. The van der Waals surface area contributed by atoms with Crippen molar-refractivity contribution in [3.05, 3.63) is 0 Å². The second kappa shape index (κ2) is 4.49. The maximum Gasteiger partial charge on any atom is 0.589 e. The Hall–Kier alpha value is 0.274. The van der Waals surface area contributed by atoms with Gasteiger partial charge in [-0.25, -0.2) is 0 Å². The molecule has 0 amide bonds. The fraction of sp³-hybridized carbons (Fsp3) is 1.00. The molecule has 1 N–H and O–H groups in total. The summed E-state index contributed by atoms with van der Waals surface area (Å²) in [4.78, 5) is 0. The summed E-state index contributed by atoms with van der Waals surface area (Å²) in [6.07, 6.45) is 0. The zero-order chi connectivity index (χ0) is 9.83. The Morgan fingerprint density at radius 2 is 1.17 bits per heavy atom. The first kappa shape index (κ1) is 12.3. The molecule has 0 aliphatic rings. The van der Waals surface area contributed by atoms with Gasteiger partial charge in [0, 0.05) is 21.3 Å². The average molecular weight is 209 g/mol. The van der Waals surface area contributed by atoms with E-state index in [0.717, 1.165) is 0 Å². The first-order chi connectivity index (χ1) is 5.39. The van der Waals surface area contributed by atoms with E-state index in [-0.39, 0.29) is 0 Å². The van der Waals surface area contributed by atoms with Crippen LogP contribution >= 0.6 is 0 Å². The van der Waals surface area contributed by atoms with Gasteiger partial charge in [0.05, 0.1) is 0 Å². The zero-order valence-electron chi connectivity index (χ0n) is 8.72. The Kier molecular flexibility index (Phi) is 4.60. The second-order valence-electron chi connectivity index (χ2n) is 3.54. The van der Waals surface area contributed by atoms with Crippen molar-refractivity contribution >= 4 is 17.2 Å². The fourth-order valence-electron chi connectivity index (χ4n) is 0.862. The third kappa shape index (κ3) is 3.79. The first-order valence-electron chi connectivity index (χ1n) is 3.84. The Balaban J connectivity index is 4.30. The SMILES string of the molecule is CO[Si](N[Si](C)(C)C)(OC)OC. The number of hydrogen-bond donors (Lipinski definition) is 1. The van der Waals surface area contributed by atoms with Crippen molar-refractivity contribution in [1.29, 1.82) is 0 Å². The molecule has 0 aromatic rings. The minimum absolute atomic E-state index is 1.42. The summed E-state index contributed by atoms with van der Waals surface area (Å²) in [6.45, 7) is 6.52. The van der Waals surface area contributed by atoms with E-state index in [4.69, 9.17) is 13.3 Å². The summed E-state index contributed by atoms with van der Waals surface area (Å²) in [5.41, 5.74) is 0. The highest BCUT2D eigenvalue weighted by Gasteiger charge is 2.42. The van der Waals surface area contributed by atoms with Gasteiger partial charge in [0.2, 0.25) is 0 Å². The molecule has 6 heteroatoms. The van der Waals surface area contributed by atoms with Gasteiger partial charge in [-0.05, 0) is 0 Å². The smallest absolute Gasteiger partial charge is 0.365 e. The quantitative estimate of drug-likeness (QED) is 0.680. The number of nitrogens with one attached hydrogen (secondary N) is 1. The van der Waals surface area contributed by atoms with Crippen LogP contribution in [0.15, 0.2) is 0 Å². The van der Waals surface area contributed by atoms with Crippen LogP contribution in [0, 0.1) is 0 Å². The third-order valence-electron chi connectivity index (χ3n) is 1.33. The van der Waals surface area contributed by atoms with Gasteiger partial charge in [0.25, 0.3) is 0 Å². The van der Waals surface area contributed by atoms with Crippen LogP contribution in [0.25, 0.3) is 0 Å². The van der Waals surface area contributed by atoms with Gasteiger partial charge >= 0.3 is 8.97 Å². The molecule has 0 aliphatic carbocycles. The molecule has 0 saturated carbocycles. The highest BCUT2D eigenvalue weighted by molar-refractivity contribution is 6.84. The van der Waals surface area contributed by atoms with Gasteiger partial charge in [-0.15, -0.1) is 0 Å². The first-order valence-corrected chi connectivity index (χ1v) is 9.06. The lowest BCUT2D eigenvalue weighted by Gasteiger charge is -2.30. The van der Waals surface area contributed by atoms with Crippen LogP contribution in [0.2, 0.25) is 19.6 Å². The van der Waals surface area contributed by atoms with Crippen molar-refractivity contribution in [2.24, 2.45) is 0 Å². The number of hydrogen-bond acceptors (Lipinski definition) is 4. The Bertz CT molecular complexity index is 125. The fourth-order valence-corrected chi connectivity index (χ4v) is 6.26. The van der Waals surface area contributed by atoms with Crippen molar-refractivity contribution in [1.82, 2.24) is 4.65 Å². The molecule has 0 unspecified atom stereocenters. The predicted molar refractivity (Wildman–Crippen MR) is 53.3 cm³/mol. The van der Waals surface area contributed by atoms with Crippen LogP contribution in [0.3, 0.4) is 0 Å². The largest absolute Gasteiger partial charge is 0.589 e. The van der Waals surface area contributed by atoms with Crippen molar-refractivity contribution in [2.75, 3.05) is 21.3 Å². The van der Waals surface area contributed by atoms with Gasteiger partial charge < -0.3 is 13.3 Å². The van der Waals surface area contributed by atoms with Gasteiger partial charge in [-0.2, -0.15) is 0 Å². The Morgan fingerprint density at radius 3 is 1.25 bits per heavy atom. The van der Waals surface area contributed by atoms with Gasteiger partial charge in [-0.3, -0.25) is 4.65 Å². The van der Waals surface area contributed by atoms with E-state index in [1.807, 2.05) is 0 Å². The average Bonchev–Trinajstić information content (AvgIpc) is 1.99. The molecule has 0 rings (SSSR count). The van der Waals surface area contributed by atoms with Crippen LogP contribution in [-0.2, 0) is 13.3 Å². The van der Waals surface area contributed by atoms with Crippen LogP contribution in [0.1, 0.15) is 0 Å². The Labute approximate surface area is 76.7 Å². The summed E-state index contributed by atoms with van der Waals surface area (Å²) in [7, 11) is 0.851. The summed E-state index contributed by atoms with van der Waals surface area (Å²) < 4.78 is 19.0. The zero-order valence-corrected chi connectivity index (χ0v) is 10.7. The minimum atomic E-state index is -2.54. The molecule has 0 heterocycles. The van der Waals surface area contributed by atoms with E-state index in [2.05, 4.69) is 24.3 Å². The van der Waals surface area contributed by atoms with E-state index in [0.29, 0.717) is 0 Å². The van der Waals surface area contributed by atoms with Crippen molar-refractivity contribution in [3.8, 4) is 0 Å². The van der Waals surface area contributed by atoms with Crippen molar-refractivity contribution < 1.29 is 13.3 Å². The molecule has 0 spiro atoms. The predicted octanol–water partition coefficient (Wildman–Crippen LogP) is 0.786. The van der Waals surface area contributed by atoms with Crippen molar-refractivity contribution in [2.45, 2.75) is 19.6 Å². The molecular formula is C6H19NO3Si2. The van der Waals surface area contributed by atoms with E-state index >= 15 is 0 Å². The molecule has 4 nitrogen and oxygen atoms in total. The van der Waals surface area contributed by atoms with Crippen LogP contribution in [0.5, 0.6) is 0 Å². The molecule has 0 aromatic heterocycles. The van der Waals surface area contributed by atoms with E-state index < -0.39 is 17.2 Å². The molecule has 12 heavy (non-hydrogen) atoms. The van der Waals surface area contributed by atoms with Crippen molar-refractivity contribution in [3.63, 3.8) is 0 Å². The standard InChI is InChI=1S/C6H19NO3Si2/c1-8-12(9-2,10-3)7-11(4,5)6/h7H,1-6H3. The molecule has 0 radical (unpaired) electrons. The van der Waals surface area contributed by atoms with Gasteiger partial charge in [0.1, 0.15) is 8.24 Å². The molecule has 0 aliphatic heterocycles. The monoisotopic (exact) mass is 209 g/mol. The van der Waals surface area contributed by atoms with E-state index in [1.165, 1.54) is 0 Å². The van der Waals surface area contributed by atoms with Gasteiger partial charge in [-0.1, -0.05) is 19.6 Å². The van der Waals surface area contributed by atoms with E-state index in [1.54, 1.807) is 21.3 Å². The summed E-state index contributed by atoms with van der Waals surface area (Å²) in [5.74, 6) is 0. The maximum atomic E-state index is 5.23. The highest BCUT2D eigenvalue weighted by atomic mass is 28.4. The molecule has 0 bridgehead atoms. The minimum Gasteiger partial charge on any atom is -0.365 e. The molecule has 0 saturated heterocycles. The lowest BCUT2D eigenvalue weighted by molar-refractivity contribution is 0.118. The van der Waals surface area contributed by atoms with Crippen LogP contribution < -0.4 is 4.65 Å². The molecule has 0 aromatic carbocycles. The topological polar surface area (TPSA) is 39.7 Å². The number of rotatable bonds is 5. The molecular weight excluding hydrogens is 190 g/mol. The molecule has 74 valence electrons. The molecule has 0 fully saturated rings. The Morgan fingerprint density at radius 1 is 0.833 bits per heavy atom. The maximum absolute atomic E-state index is 5.23. The van der Waals surface area contributed by atoms with Gasteiger partial charge in [0.15, 0.2) is 0 Å². The van der Waals surface area contributed by atoms with E-state index in [9.17, 15) is 0 Å². The third-order valence-corrected chi connectivity index (χ3v) is 7.17. The summed E-state index contributed by atoms with van der Waals surface area (Å²) in [5, 5.41) is 0. The normalized spacial score (nSPS) is 13.5. The molecule has 0 atom stereocenters. The lowest BCUT2D eigenvalue weighted by Crippen LogP contribution is -2.65. The second-order valence-corrected chi connectivity index (χ2v) is 11.4. The highest BCUT2D eigenvalue weighted by Crippen LogP contribution is 2.06. The lowest BCUT2D eigenvalue weighted by atomic mass is 11.8. The van der Waals surface area contributed by atoms with Crippen LogP contribution in [-0.4, -0.2) is 38.5 Å². The van der Waals surface area contributed by atoms with Crippen LogP contribution in [0.4, 0.5) is 0 Å².